The normalized spacial score (nSPS) is 41.8. The molecule has 0 amide bonds. The zero-order chi connectivity index (χ0) is 23.1. The first kappa shape index (κ1) is 21.6. The van der Waals surface area contributed by atoms with E-state index < -0.39 is 70.0 Å². The zero-order valence-corrected chi connectivity index (χ0v) is 17.0. The van der Waals surface area contributed by atoms with Crippen molar-refractivity contribution >= 4 is 23.9 Å². The largest absolute Gasteiger partial charge is 0.480 e. The Bertz CT molecular complexity index is 751. The average Bonchev–Trinajstić information content (AvgIpc) is 3.48. The topological polar surface area (TPSA) is 199 Å². The fourth-order valence-corrected chi connectivity index (χ4v) is 6.88. The van der Waals surface area contributed by atoms with Crippen LogP contribution in [0.15, 0.2) is 0 Å². The van der Waals surface area contributed by atoms with Crippen molar-refractivity contribution in [2.75, 3.05) is 26.4 Å². The van der Waals surface area contributed by atoms with Crippen LogP contribution in [0.25, 0.3) is 0 Å². The molecule has 12 nitrogen and oxygen atoms in total. The van der Waals surface area contributed by atoms with E-state index in [4.69, 9.17) is 18.9 Å². The van der Waals surface area contributed by atoms with Gasteiger partial charge in [0.25, 0.3) is 0 Å². The summed E-state index contributed by atoms with van der Waals surface area (Å²) < 4.78 is 21.3. The van der Waals surface area contributed by atoms with Crippen LogP contribution >= 0.6 is 0 Å². The van der Waals surface area contributed by atoms with Crippen molar-refractivity contribution in [1.29, 1.82) is 0 Å². The van der Waals surface area contributed by atoms with Crippen molar-refractivity contribution in [2.24, 2.45) is 21.7 Å². The van der Waals surface area contributed by atoms with E-state index in [2.05, 4.69) is 0 Å². The first-order valence-electron chi connectivity index (χ1n) is 10.5. The molecular formula is C20H24O12. The highest BCUT2D eigenvalue weighted by Gasteiger charge is 2.99. The van der Waals surface area contributed by atoms with E-state index in [-0.39, 0.29) is 52.1 Å². The van der Waals surface area contributed by atoms with Gasteiger partial charge >= 0.3 is 23.9 Å². The van der Waals surface area contributed by atoms with Gasteiger partial charge in [0.1, 0.15) is 0 Å². The van der Waals surface area contributed by atoms with E-state index in [1.807, 2.05) is 0 Å². The molecule has 12 heteroatoms. The third-order valence-electron chi connectivity index (χ3n) is 8.11. The molecule has 4 N–H and O–H groups in total. The van der Waals surface area contributed by atoms with Crippen molar-refractivity contribution in [3.8, 4) is 0 Å². The predicted octanol–water partition coefficient (Wildman–Crippen LogP) is -0.560. The molecule has 32 heavy (non-hydrogen) atoms. The molecule has 0 aromatic carbocycles. The summed E-state index contributed by atoms with van der Waals surface area (Å²) in [5, 5.41) is 41.5. The first-order chi connectivity index (χ1) is 15.1. The maximum Gasteiger partial charge on any atom is 0.323 e. The van der Waals surface area contributed by atoms with Gasteiger partial charge in [-0.1, -0.05) is 0 Å². The van der Waals surface area contributed by atoms with Gasteiger partial charge in [-0.15, -0.1) is 0 Å². The van der Waals surface area contributed by atoms with Crippen LogP contribution in [0.4, 0.5) is 0 Å². The number of hydrogen-bond acceptors (Lipinski definition) is 8. The van der Waals surface area contributed by atoms with Crippen LogP contribution in [0.1, 0.15) is 25.7 Å². The summed E-state index contributed by atoms with van der Waals surface area (Å²) in [6.07, 6.45) is -2.39. The molecule has 0 radical (unpaired) electrons. The van der Waals surface area contributed by atoms with E-state index >= 15 is 0 Å². The lowest BCUT2D eigenvalue weighted by Crippen LogP contribution is -2.88. The standard InChI is InChI=1S/C20H24O12/c21-13(22)19(14(23)24)17(1-9-5-29-9,2-10-6-30-10)18(3-11-7-31-11,4-12-8-32-12)20(19,15(25)26)16(27)28/h9-12H,1-8H2,(H,21,22)(H,23,24)(H,25,26)(H,27,28). The molecule has 0 spiro atoms. The summed E-state index contributed by atoms with van der Waals surface area (Å²) in [6, 6.07) is 0. The second-order valence-corrected chi connectivity index (χ2v) is 9.52. The Hall–Kier alpha value is -2.28. The second kappa shape index (κ2) is 6.62. The van der Waals surface area contributed by atoms with Gasteiger partial charge in [0.05, 0.1) is 50.8 Å². The van der Waals surface area contributed by atoms with Gasteiger partial charge in [0, 0.05) is 10.8 Å². The molecule has 176 valence electrons. The molecule has 1 saturated carbocycles. The lowest BCUT2D eigenvalue weighted by Gasteiger charge is -2.75. The fraction of sp³-hybridized carbons (Fsp3) is 0.800. The average molecular weight is 456 g/mol. The second-order valence-electron chi connectivity index (χ2n) is 9.52. The molecule has 4 unspecified atom stereocenters. The van der Waals surface area contributed by atoms with Gasteiger partial charge in [-0.05, 0) is 25.7 Å². The van der Waals surface area contributed by atoms with Crippen LogP contribution in [-0.2, 0) is 38.1 Å². The molecule has 5 rings (SSSR count). The third kappa shape index (κ3) is 2.46. The maximum absolute atomic E-state index is 12.8. The van der Waals surface area contributed by atoms with E-state index in [0.29, 0.717) is 0 Å². The van der Waals surface area contributed by atoms with Crippen LogP contribution in [0.5, 0.6) is 0 Å². The van der Waals surface area contributed by atoms with Gasteiger partial charge in [-0.25, -0.2) is 0 Å². The fourth-order valence-electron chi connectivity index (χ4n) is 6.88. The molecule has 4 saturated heterocycles. The number of carbonyl (C=O) groups is 4. The summed E-state index contributed by atoms with van der Waals surface area (Å²) >= 11 is 0. The molecule has 0 aromatic rings. The smallest absolute Gasteiger partial charge is 0.323 e. The number of carboxylic acid groups (broad SMARTS) is 4. The van der Waals surface area contributed by atoms with Crippen LogP contribution in [0.2, 0.25) is 0 Å². The van der Waals surface area contributed by atoms with Crippen molar-refractivity contribution in [2.45, 2.75) is 50.1 Å². The Balaban J connectivity index is 1.83. The van der Waals surface area contributed by atoms with Crippen molar-refractivity contribution in [1.82, 2.24) is 0 Å². The van der Waals surface area contributed by atoms with Crippen LogP contribution in [0.3, 0.4) is 0 Å². The maximum atomic E-state index is 12.8. The van der Waals surface area contributed by atoms with Gasteiger partial charge in [0.15, 0.2) is 10.8 Å². The van der Waals surface area contributed by atoms with Crippen molar-refractivity contribution < 1.29 is 58.6 Å². The molecule has 0 bridgehead atoms. The number of carboxylic acids is 4. The monoisotopic (exact) mass is 456 g/mol. The highest BCUT2D eigenvalue weighted by molar-refractivity contribution is 6.17. The molecule has 4 atom stereocenters. The number of hydrogen-bond donors (Lipinski definition) is 4. The lowest BCUT2D eigenvalue weighted by atomic mass is 9.21. The third-order valence-corrected chi connectivity index (χ3v) is 8.11. The Kier molecular flexibility index (Phi) is 4.46. The predicted molar refractivity (Wildman–Crippen MR) is 97.7 cm³/mol. The van der Waals surface area contributed by atoms with Crippen LogP contribution in [0, 0.1) is 21.7 Å². The number of rotatable bonds is 12. The van der Waals surface area contributed by atoms with Gasteiger partial charge in [0.2, 0.25) is 0 Å². The van der Waals surface area contributed by atoms with Crippen LogP contribution < -0.4 is 0 Å². The Morgan fingerprint density at radius 2 is 0.719 bits per heavy atom. The number of epoxide rings is 4. The van der Waals surface area contributed by atoms with Gasteiger partial charge in [-0.2, -0.15) is 0 Å². The Morgan fingerprint density at radius 1 is 0.531 bits per heavy atom. The van der Waals surface area contributed by atoms with Crippen molar-refractivity contribution in [3.63, 3.8) is 0 Å². The Labute approximate surface area is 181 Å². The quantitative estimate of drug-likeness (QED) is 0.216. The minimum absolute atomic E-state index is 0.104. The zero-order valence-electron chi connectivity index (χ0n) is 17.0. The van der Waals surface area contributed by atoms with E-state index in [9.17, 15) is 39.6 Å². The minimum Gasteiger partial charge on any atom is -0.480 e. The summed E-state index contributed by atoms with van der Waals surface area (Å²) in [7, 11) is 0. The molecule has 5 fully saturated rings. The summed E-state index contributed by atoms with van der Waals surface area (Å²) in [6.45, 7) is 1.02. The molecular weight excluding hydrogens is 432 g/mol. The van der Waals surface area contributed by atoms with Crippen molar-refractivity contribution in [3.05, 3.63) is 0 Å². The van der Waals surface area contributed by atoms with Gasteiger partial charge < -0.3 is 39.4 Å². The first-order valence-corrected chi connectivity index (χ1v) is 10.5. The summed E-state index contributed by atoms with van der Waals surface area (Å²) in [5.74, 6) is -7.94. The van der Waals surface area contributed by atoms with E-state index in [0.717, 1.165) is 0 Å². The minimum atomic E-state index is -3.14. The highest BCUT2D eigenvalue weighted by atomic mass is 16.6. The number of aliphatic carboxylic acids is 4. The van der Waals surface area contributed by atoms with Gasteiger partial charge in [-0.3, -0.25) is 19.2 Å². The molecule has 1 aliphatic carbocycles. The van der Waals surface area contributed by atoms with E-state index in [1.54, 1.807) is 0 Å². The molecule has 0 aromatic heterocycles. The number of ether oxygens (including phenoxy) is 4. The molecule has 5 aliphatic rings. The SMILES string of the molecule is O=C(O)C1(C(=O)O)C(CC2CO2)(CC2CO2)C(CC2CO2)(CC2CO2)C1(C(=O)O)C(=O)O. The van der Waals surface area contributed by atoms with Crippen LogP contribution in [-0.4, -0.2) is 95.1 Å². The highest BCUT2D eigenvalue weighted by Crippen LogP contribution is 2.85. The lowest BCUT2D eigenvalue weighted by molar-refractivity contribution is -0.326. The molecule has 4 heterocycles. The summed E-state index contributed by atoms with van der Waals surface area (Å²) in [4.78, 5) is 51.3. The van der Waals surface area contributed by atoms with E-state index in [1.165, 1.54) is 0 Å². The summed E-state index contributed by atoms with van der Waals surface area (Å²) in [5.41, 5.74) is -9.82. The molecule has 4 aliphatic heterocycles. The Morgan fingerprint density at radius 3 is 0.844 bits per heavy atom.